The van der Waals surface area contributed by atoms with Crippen molar-refractivity contribution in [1.82, 2.24) is 0 Å². The number of halogens is 1. The predicted octanol–water partition coefficient (Wildman–Crippen LogP) is 1.51. The number of rotatable bonds is 2. The highest BCUT2D eigenvalue weighted by Gasteiger charge is 2.21. The Hall–Kier alpha value is -0.570. The van der Waals surface area contributed by atoms with Gasteiger partial charge in [-0.25, -0.2) is 0 Å². The lowest BCUT2D eigenvalue weighted by atomic mass is 9.94. The third-order valence-electron chi connectivity index (χ3n) is 1.82. The molecule has 12 heavy (non-hydrogen) atoms. The fourth-order valence-corrected chi connectivity index (χ4v) is 1.36. The van der Waals surface area contributed by atoms with Crippen molar-refractivity contribution in [3.05, 3.63) is 34.9 Å². The van der Waals surface area contributed by atoms with E-state index in [4.69, 9.17) is 22.4 Å². The average molecular weight is 186 g/mol. The summed E-state index contributed by atoms with van der Waals surface area (Å²) in [6.07, 6.45) is 0. The highest BCUT2D eigenvalue weighted by atomic mass is 35.5. The first kappa shape index (κ1) is 9.52. The summed E-state index contributed by atoms with van der Waals surface area (Å²) >= 11 is 5.90. The van der Waals surface area contributed by atoms with E-state index in [1.807, 2.05) is 18.2 Å². The molecule has 0 aliphatic heterocycles. The van der Waals surface area contributed by atoms with Gasteiger partial charge in [-0.05, 0) is 18.6 Å². The van der Waals surface area contributed by atoms with Crippen LogP contribution < -0.4 is 5.73 Å². The van der Waals surface area contributed by atoms with Crippen molar-refractivity contribution in [3.8, 4) is 0 Å². The molecule has 0 aliphatic carbocycles. The van der Waals surface area contributed by atoms with E-state index in [0.29, 0.717) is 5.02 Å². The van der Waals surface area contributed by atoms with Gasteiger partial charge in [0.1, 0.15) is 0 Å². The first-order chi connectivity index (χ1) is 5.58. The minimum atomic E-state index is -0.752. The van der Waals surface area contributed by atoms with Crippen molar-refractivity contribution >= 4 is 11.6 Å². The van der Waals surface area contributed by atoms with E-state index in [9.17, 15) is 0 Å². The van der Waals surface area contributed by atoms with E-state index in [1.54, 1.807) is 13.0 Å². The van der Waals surface area contributed by atoms with E-state index >= 15 is 0 Å². The van der Waals surface area contributed by atoms with E-state index in [-0.39, 0.29) is 6.61 Å². The van der Waals surface area contributed by atoms with Crippen molar-refractivity contribution in [2.75, 3.05) is 6.61 Å². The van der Waals surface area contributed by atoms with Crippen LogP contribution in [0.15, 0.2) is 24.3 Å². The molecule has 1 rings (SSSR count). The second-order valence-electron chi connectivity index (χ2n) is 3.06. The van der Waals surface area contributed by atoms with Crippen LogP contribution in [0.1, 0.15) is 12.5 Å². The lowest BCUT2D eigenvalue weighted by Crippen LogP contribution is -2.37. The van der Waals surface area contributed by atoms with Crippen LogP contribution in [0.5, 0.6) is 0 Å². The van der Waals surface area contributed by atoms with Crippen molar-refractivity contribution in [2.45, 2.75) is 12.5 Å². The number of benzene rings is 1. The van der Waals surface area contributed by atoms with Crippen LogP contribution in [-0.4, -0.2) is 11.7 Å². The van der Waals surface area contributed by atoms with Crippen LogP contribution in [0.3, 0.4) is 0 Å². The smallest absolute Gasteiger partial charge is 0.0650 e. The quantitative estimate of drug-likeness (QED) is 0.734. The maximum Gasteiger partial charge on any atom is 0.0650 e. The Kier molecular flexibility index (Phi) is 2.73. The first-order valence-electron chi connectivity index (χ1n) is 3.72. The van der Waals surface area contributed by atoms with Gasteiger partial charge in [0, 0.05) is 5.02 Å². The highest BCUT2D eigenvalue weighted by Crippen LogP contribution is 2.24. The van der Waals surface area contributed by atoms with Crippen LogP contribution >= 0.6 is 11.6 Å². The molecule has 0 fully saturated rings. The standard InChI is InChI=1S/C9H12ClNO/c1-9(11,6-12)7-4-2-3-5-8(7)10/h2-5,12H,6,11H2,1H3/t9-/m0/s1. The summed E-state index contributed by atoms with van der Waals surface area (Å²) in [4.78, 5) is 0. The second kappa shape index (κ2) is 3.44. The Bertz CT molecular complexity index is 273. The molecule has 0 bridgehead atoms. The third-order valence-corrected chi connectivity index (χ3v) is 2.15. The van der Waals surface area contributed by atoms with Gasteiger partial charge >= 0.3 is 0 Å². The third kappa shape index (κ3) is 1.78. The van der Waals surface area contributed by atoms with Crippen LogP contribution in [-0.2, 0) is 5.54 Å². The summed E-state index contributed by atoms with van der Waals surface area (Å²) < 4.78 is 0. The monoisotopic (exact) mass is 185 g/mol. The summed E-state index contributed by atoms with van der Waals surface area (Å²) in [7, 11) is 0. The normalized spacial score (nSPS) is 15.7. The zero-order valence-corrected chi connectivity index (χ0v) is 7.67. The molecule has 0 radical (unpaired) electrons. The maximum absolute atomic E-state index is 8.99. The molecule has 0 aromatic heterocycles. The SMILES string of the molecule is C[C@](N)(CO)c1ccccc1Cl. The van der Waals surface area contributed by atoms with Gasteiger partial charge in [-0.2, -0.15) is 0 Å². The zero-order chi connectivity index (χ0) is 9.19. The van der Waals surface area contributed by atoms with Gasteiger partial charge in [-0.3, -0.25) is 0 Å². The molecule has 0 aliphatic rings. The van der Waals surface area contributed by atoms with Crippen LogP contribution in [0.25, 0.3) is 0 Å². The fraction of sp³-hybridized carbons (Fsp3) is 0.333. The number of hydrogen-bond donors (Lipinski definition) is 2. The Morgan fingerprint density at radius 2 is 2.08 bits per heavy atom. The largest absolute Gasteiger partial charge is 0.394 e. The summed E-state index contributed by atoms with van der Waals surface area (Å²) in [6.45, 7) is 1.63. The Labute approximate surface area is 77.0 Å². The van der Waals surface area contributed by atoms with Crippen LogP contribution in [0, 0.1) is 0 Å². The summed E-state index contributed by atoms with van der Waals surface area (Å²) in [5, 5.41) is 9.58. The molecule has 0 unspecified atom stereocenters. The van der Waals surface area contributed by atoms with E-state index in [1.165, 1.54) is 0 Å². The Morgan fingerprint density at radius 1 is 1.50 bits per heavy atom. The summed E-state index contributed by atoms with van der Waals surface area (Å²) in [5.74, 6) is 0. The van der Waals surface area contributed by atoms with E-state index in [2.05, 4.69) is 0 Å². The molecule has 0 heterocycles. The van der Waals surface area contributed by atoms with Gasteiger partial charge in [0.05, 0.1) is 12.1 Å². The molecule has 0 saturated heterocycles. The van der Waals surface area contributed by atoms with Gasteiger partial charge in [0.15, 0.2) is 0 Å². The molecule has 0 spiro atoms. The molecule has 1 aromatic carbocycles. The topological polar surface area (TPSA) is 46.2 Å². The molecule has 66 valence electrons. The number of aliphatic hydroxyl groups excluding tert-OH is 1. The summed E-state index contributed by atoms with van der Waals surface area (Å²) in [5.41, 5.74) is 5.82. The molecular weight excluding hydrogens is 174 g/mol. The van der Waals surface area contributed by atoms with Gasteiger partial charge in [0.2, 0.25) is 0 Å². The Balaban J connectivity index is 3.10. The summed E-state index contributed by atoms with van der Waals surface area (Å²) in [6, 6.07) is 7.26. The molecular formula is C9H12ClNO. The van der Waals surface area contributed by atoms with Gasteiger partial charge in [0.25, 0.3) is 0 Å². The molecule has 0 saturated carbocycles. The maximum atomic E-state index is 8.99. The zero-order valence-electron chi connectivity index (χ0n) is 6.92. The molecule has 1 aromatic rings. The number of hydrogen-bond acceptors (Lipinski definition) is 2. The minimum Gasteiger partial charge on any atom is -0.394 e. The number of nitrogens with two attached hydrogens (primary N) is 1. The van der Waals surface area contributed by atoms with Crippen molar-refractivity contribution in [3.63, 3.8) is 0 Å². The van der Waals surface area contributed by atoms with E-state index in [0.717, 1.165) is 5.56 Å². The van der Waals surface area contributed by atoms with E-state index < -0.39 is 5.54 Å². The van der Waals surface area contributed by atoms with Crippen molar-refractivity contribution < 1.29 is 5.11 Å². The lowest BCUT2D eigenvalue weighted by Gasteiger charge is -2.23. The van der Waals surface area contributed by atoms with Gasteiger partial charge < -0.3 is 10.8 Å². The van der Waals surface area contributed by atoms with Crippen LogP contribution in [0.4, 0.5) is 0 Å². The molecule has 2 nitrogen and oxygen atoms in total. The average Bonchev–Trinajstić information content (AvgIpc) is 2.05. The molecule has 1 atom stereocenters. The molecule has 3 heteroatoms. The van der Waals surface area contributed by atoms with Gasteiger partial charge in [-0.1, -0.05) is 29.8 Å². The predicted molar refractivity (Wildman–Crippen MR) is 50.1 cm³/mol. The second-order valence-corrected chi connectivity index (χ2v) is 3.46. The molecule has 0 amide bonds. The lowest BCUT2D eigenvalue weighted by molar-refractivity contribution is 0.210. The highest BCUT2D eigenvalue weighted by molar-refractivity contribution is 6.31. The minimum absolute atomic E-state index is 0.114. The first-order valence-corrected chi connectivity index (χ1v) is 4.10. The molecule has 3 N–H and O–H groups in total. The van der Waals surface area contributed by atoms with Gasteiger partial charge in [-0.15, -0.1) is 0 Å². The van der Waals surface area contributed by atoms with Crippen LogP contribution in [0.2, 0.25) is 5.02 Å². The Morgan fingerprint density at radius 3 is 2.58 bits per heavy atom. The van der Waals surface area contributed by atoms with Crippen molar-refractivity contribution in [1.29, 1.82) is 0 Å². The number of aliphatic hydroxyl groups is 1. The van der Waals surface area contributed by atoms with Crippen molar-refractivity contribution in [2.24, 2.45) is 5.73 Å². The fourth-order valence-electron chi connectivity index (χ4n) is 1.01.